The van der Waals surface area contributed by atoms with Crippen molar-refractivity contribution in [3.63, 3.8) is 0 Å². The molecule has 1 aliphatic carbocycles. The molecule has 0 saturated carbocycles. The molecule has 38 heavy (non-hydrogen) atoms. The average Bonchev–Trinajstić information content (AvgIpc) is 3.31. The van der Waals surface area contributed by atoms with E-state index in [1.807, 2.05) is 12.2 Å². The van der Waals surface area contributed by atoms with Crippen molar-refractivity contribution in [3.05, 3.63) is 133 Å². The second kappa shape index (κ2) is 7.78. The second-order valence-corrected chi connectivity index (χ2v) is 10.1. The van der Waals surface area contributed by atoms with Crippen LogP contribution in [0.2, 0.25) is 0 Å². The van der Waals surface area contributed by atoms with Gasteiger partial charge in [0.05, 0.1) is 0 Å². The summed E-state index contributed by atoms with van der Waals surface area (Å²) in [4.78, 5) is 0. The van der Waals surface area contributed by atoms with Gasteiger partial charge in [0, 0.05) is 0 Å². The Morgan fingerprint density at radius 1 is 0.395 bits per heavy atom. The maximum atomic E-state index is 4.31. The van der Waals surface area contributed by atoms with Gasteiger partial charge in [-0.15, -0.1) is 0 Å². The highest BCUT2D eigenvalue weighted by molar-refractivity contribution is 6.34. The Balaban J connectivity index is 1.68. The Bertz CT molecular complexity index is 2080. The van der Waals surface area contributed by atoms with E-state index in [0.29, 0.717) is 0 Å². The van der Waals surface area contributed by atoms with Gasteiger partial charge in [0.1, 0.15) is 0 Å². The maximum absolute atomic E-state index is 4.31. The van der Waals surface area contributed by atoms with Crippen LogP contribution in [0.15, 0.2) is 122 Å². The van der Waals surface area contributed by atoms with Crippen LogP contribution in [0.5, 0.6) is 0 Å². The van der Waals surface area contributed by atoms with Crippen molar-refractivity contribution in [2.45, 2.75) is 0 Å². The third-order valence-electron chi connectivity index (χ3n) is 8.28. The molecule has 0 aromatic heterocycles. The molecular weight excluding hydrogens is 456 g/mol. The molecule has 0 spiro atoms. The molecule has 0 unspecified atom stereocenters. The molecular formula is C38H24. The van der Waals surface area contributed by atoms with Gasteiger partial charge in [-0.3, -0.25) is 0 Å². The fourth-order valence-electron chi connectivity index (χ4n) is 6.82. The molecule has 1 aliphatic rings. The molecule has 0 heteroatoms. The lowest BCUT2D eigenvalue weighted by atomic mass is 9.80. The van der Waals surface area contributed by atoms with E-state index in [4.69, 9.17) is 0 Å². The predicted molar refractivity (Wildman–Crippen MR) is 166 cm³/mol. The van der Waals surface area contributed by atoms with Gasteiger partial charge in [0.15, 0.2) is 0 Å². The number of hydrogen-bond acceptors (Lipinski definition) is 0. The SMILES string of the molecule is C=Cc1c(C=C)c(-c2ccccc2)c2c(c1-c1ccccc1)-c1ccc3ccc4cccc5cc-2c1c3c45. The Labute approximate surface area is 222 Å². The smallest absolute Gasteiger partial charge is 0.000719 e. The van der Waals surface area contributed by atoms with Gasteiger partial charge in [-0.1, -0.05) is 128 Å². The summed E-state index contributed by atoms with van der Waals surface area (Å²) in [5.74, 6) is 0. The molecule has 0 heterocycles. The Morgan fingerprint density at radius 2 is 0.921 bits per heavy atom. The predicted octanol–water partition coefficient (Wildman–Crippen LogP) is 10.9. The van der Waals surface area contributed by atoms with Crippen LogP contribution in [-0.4, -0.2) is 0 Å². The third-order valence-corrected chi connectivity index (χ3v) is 8.28. The fourth-order valence-corrected chi connectivity index (χ4v) is 6.82. The monoisotopic (exact) mass is 480 g/mol. The van der Waals surface area contributed by atoms with Crippen molar-refractivity contribution in [2.75, 3.05) is 0 Å². The van der Waals surface area contributed by atoms with Crippen molar-refractivity contribution >= 4 is 44.5 Å². The van der Waals surface area contributed by atoms with Gasteiger partial charge in [0.2, 0.25) is 0 Å². The topological polar surface area (TPSA) is 0 Å². The highest BCUT2D eigenvalue weighted by Crippen LogP contribution is 2.59. The molecule has 8 rings (SSSR count). The van der Waals surface area contributed by atoms with Crippen molar-refractivity contribution in [1.82, 2.24) is 0 Å². The lowest BCUT2D eigenvalue weighted by Crippen LogP contribution is -1.98. The highest BCUT2D eigenvalue weighted by Gasteiger charge is 2.32. The van der Waals surface area contributed by atoms with E-state index in [1.165, 1.54) is 76.8 Å². The molecule has 7 aromatic rings. The van der Waals surface area contributed by atoms with Gasteiger partial charge >= 0.3 is 0 Å². The molecule has 0 N–H and O–H groups in total. The first-order valence-corrected chi connectivity index (χ1v) is 13.1. The van der Waals surface area contributed by atoms with Crippen LogP contribution in [0.25, 0.3) is 89.0 Å². The summed E-state index contributed by atoms with van der Waals surface area (Å²) < 4.78 is 0. The Hall–Kier alpha value is -4.94. The summed E-state index contributed by atoms with van der Waals surface area (Å²) in [6.07, 6.45) is 4.03. The first kappa shape index (κ1) is 21.2. The minimum atomic E-state index is 1.13. The second-order valence-electron chi connectivity index (χ2n) is 10.1. The van der Waals surface area contributed by atoms with Crippen LogP contribution >= 0.6 is 0 Å². The molecule has 0 nitrogen and oxygen atoms in total. The van der Waals surface area contributed by atoms with Gasteiger partial charge < -0.3 is 0 Å². The zero-order chi connectivity index (χ0) is 25.4. The third kappa shape index (κ3) is 2.64. The lowest BCUT2D eigenvalue weighted by Gasteiger charge is -2.22. The highest BCUT2D eigenvalue weighted by atomic mass is 14.3. The van der Waals surface area contributed by atoms with Gasteiger partial charge in [-0.2, -0.15) is 0 Å². The van der Waals surface area contributed by atoms with E-state index in [1.54, 1.807) is 0 Å². The van der Waals surface area contributed by atoms with Gasteiger partial charge in [-0.25, -0.2) is 0 Å². The number of hydrogen-bond donors (Lipinski definition) is 0. The Morgan fingerprint density at radius 3 is 1.53 bits per heavy atom. The molecule has 0 saturated heterocycles. The van der Waals surface area contributed by atoms with Crippen LogP contribution in [-0.2, 0) is 0 Å². The van der Waals surface area contributed by atoms with E-state index in [-0.39, 0.29) is 0 Å². The fraction of sp³-hybridized carbons (Fsp3) is 0. The summed E-state index contributed by atoms with van der Waals surface area (Å²) in [5, 5.41) is 7.94. The molecule has 7 aromatic carbocycles. The van der Waals surface area contributed by atoms with Crippen LogP contribution in [0, 0.1) is 0 Å². The maximum Gasteiger partial charge on any atom is -0.000719 e. The van der Waals surface area contributed by atoms with Crippen molar-refractivity contribution < 1.29 is 0 Å². The standard InChI is InChI=1S/C38H24/c1-3-28-29(4-2)34(24-14-9-6-10-15-24)38-31-22-27-17-11-16-25-18-19-26-20-21-30(36(31)35(26)32(25)27)37(38)33(28)23-12-7-5-8-13-23/h3-22H,1-2H2. The molecule has 0 radical (unpaired) electrons. The molecule has 0 bridgehead atoms. The van der Waals surface area contributed by atoms with Crippen LogP contribution in [0.3, 0.4) is 0 Å². The zero-order valence-corrected chi connectivity index (χ0v) is 21.0. The van der Waals surface area contributed by atoms with E-state index in [0.717, 1.165) is 11.1 Å². The number of fused-ring (bicyclic) bond motifs is 3. The van der Waals surface area contributed by atoms with E-state index >= 15 is 0 Å². The van der Waals surface area contributed by atoms with Gasteiger partial charge in [-0.05, 0) is 94.0 Å². The summed E-state index contributed by atoms with van der Waals surface area (Å²) in [5.41, 5.74) is 12.3. The molecule has 0 atom stereocenters. The van der Waals surface area contributed by atoms with Crippen LogP contribution < -0.4 is 0 Å². The van der Waals surface area contributed by atoms with E-state index in [2.05, 4.69) is 122 Å². The molecule has 176 valence electrons. The van der Waals surface area contributed by atoms with Crippen LogP contribution in [0.1, 0.15) is 11.1 Å². The zero-order valence-electron chi connectivity index (χ0n) is 21.0. The summed E-state index contributed by atoms with van der Waals surface area (Å²) in [6, 6.07) is 39.8. The number of benzene rings is 7. The molecule has 0 amide bonds. The normalized spacial score (nSPS) is 11.9. The van der Waals surface area contributed by atoms with E-state index in [9.17, 15) is 0 Å². The Kier molecular flexibility index (Phi) is 4.33. The summed E-state index contributed by atoms with van der Waals surface area (Å²) in [7, 11) is 0. The minimum Gasteiger partial charge on any atom is -0.0984 e. The lowest BCUT2D eigenvalue weighted by molar-refractivity contribution is 1.55. The largest absolute Gasteiger partial charge is 0.0984 e. The van der Waals surface area contributed by atoms with Crippen LogP contribution in [0.4, 0.5) is 0 Å². The molecule has 0 fully saturated rings. The van der Waals surface area contributed by atoms with Crippen molar-refractivity contribution in [3.8, 4) is 44.5 Å². The minimum absolute atomic E-state index is 1.13. The summed E-state index contributed by atoms with van der Waals surface area (Å²) >= 11 is 0. The van der Waals surface area contributed by atoms with Gasteiger partial charge in [0.25, 0.3) is 0 Å². The first-order chi connectivity index (χ1) is 18.8. The summed E-state index contributed by atoms with van der Waals surface area (Å²) in [6.45, 7) is 8.62. The first-order valence-electron chi connectivity index (χ1n) is 13.1. The van der Waals surface area contributed by atoms with E-state index < -0.39 is 0 Å². The molecule has 0 aliphatic heterocycles. The van der Waals surface area contributed by atoms with Crippen molar-refractivity contribution in [2.24, 2.45) is 0 Å². The van der Waals surface area contributed by atoms with Crippen molar-refractivity contribution in [1.29, 1.82) is 0 Å². The quantitative estimate of drug-likeness (QED) is 0.220. The average molecular weight is 481 g/mol. The number of rotatable bonds is 4.